The van der Waals surface area contributed by atoms with E-state index in [1.165, 1.54) is 23.5 Å². The van der Waals surface area contributed by atoms with Crippen molar-refractivity contribution < 1.29 is 18.7 Å². The minimum absolute atomic E-state index is 0.222. The summed E-state index contributed by atoms with van der Waals surface area (Å²) in [5.41, 5.74) is 1.59. The van der Waals surface area contributed by atoms with Crippen LogP contribution >= 0.6 is 11.3 Å². The minimum Gasteiger partial charge on any atom is -0.497 e. The lowest BCUT2D eigenvalue weighted by molar-refractivity contribution is -0.117. The van der Waals surface area contributed by atoms with Gasteiger partial charge in [0.15, 0.2) is 5.13 Å². The lowest BCUT2D eigenvalue weighted by Gasteiger charge is -2.20. The molecule has 0 spiro atoms. The highest BCUT2D eigenvalue weighted by Gasteiger charge is 2.30. The van der Waals surface area contributed by atoms with Gasteiger partial charge in [-0.05, 0) is 61.7 Å². The highest BCUT2D eigenvalue weighted by atomic mass is 32.1. The Labute approximate surface area is 177 Å². The van der Waals surface area contributed by atoms with Crippen LogP contribution in [0.1, 0.15) is 39.7 Å². The van der Waals surface area contributed by atoms with Gasteiger partial charge in [0.25, 0.3) is 5.91 Å². The molecule has 1 heterocycles. The smallest absolute Gasteiger partial charge is 0.257 e. The number of carbonyl (C=O) groups excluding carboxylic acids is 2. The Morgan fingerprint density at radius 3 is 2.70 bits per heavy atom. The van der Waals surface area contributed by atoms with Crippen molar-refractivity contribution in [2.24, 2.45) is 0 Å². The summed E-state index contributed by atoms with van der Waals surface area (Å²) in [6.07, 6.45) is 2.32. The van der Waals surface area contributed by atoms with Crippen LogP contribution in [0.2, 0.25) is 0 Å². The zero-order valence-electron chi connectivity index (χ0n) is 16.3. The first-order valence-corrected chi connectivity index (χ1v) is 10.4. The molecule has 1 aliphatic carbocycles. The molecule has 2 N–H and O–H groups in total. The summed E-state index contributed by atoms with van der Waals surface area (Å²) in [5.74, 6) is -0.665. The maximum Gasteiger partial charge on any atom is 0.257 e. The molecule has 0 saturated carbocycles. The molecule has 0 bridgehead atoms. The van der Waals surface area contributed by atoms with Crippen molar-refractivity contribution in [2.75, 3.05) is 17.7 Å². The standard InChI is InChI=1S/C22H20FN3O3S/c1-29-16-10-8-13(9-11-16)20(27)26-22-25-19-17(6-3-7-18(19)30-22)21(28)24-15-5-2-4-14(23)12-15/h2,4-5,8-12,17H,3,6-7H2,1H3,(H,24,28)(H,25,26,27). The number of amides is 2. The molecule has 1 aliphatic rings. The summed E-state index contributed by atoms with van der Waals surface area (Å²) in [4.78, 5) is 30.8. The molecule has 1 aromatic heterocycles. The van der Waals surface area contributed by atoms with Gasteiger partial charge in [-0.25, -0.2) is 9.37 Å². The average molecular weight is 425 g/mol. The topological polar surface area (TPSA) is 80.3 Å². The SMILES string of the molecule is COc1ccc(C(=O)Nc2nc3c(s2)CCCC3C(=O)Nc2cccc(F)c2)cc1. The second kappa shape index (κ2) is 8.62. The van der Waals surface area contributed by atoms with Gasteiger partial charge in [-0.15, -0.1) is 11.3 Å². The summed E-state index contributed by atoms with van der Waals surface area (Å²) in [5, 5.41) is 6.05. The van der Waals surface area contributed by atoms with Crippen molar-refractivity contribution in [1.82, 2.24) is 4.98 Å². The number of nitrogens with one attached hydrogen (secondary N) is 2. The van der Waals surface area contributed by atoms with Gasteiger partial charge in [-0.3, -0.25) is 14.9 Å². The van der Waals surface area contributed by atoms with Crippen molar-refractivity contribution >= 4 is 34.0 Å². The number of aromatic nitrogens is 1. The summed E-state index contributed by atoms with van der Waals surface area (Å²) in [6.45, 7) is 0. The van der Waals surface area contributed by atoms with Crippen molar-refractivity contribution in [1.29, 1.82) is 0 Å². The number of rotatable bonds is 5. The van der Waals surface area contributed by atoms with E-state index in [2.05, 4.69) is 15.6 Å². The minimum atomic E-state index is -0.431. The van der Waals surface area contributed by atoms with Gasteiger partial charge in [0.2, 0.25) is 5.91 Å². The van der Waals surface area contributed by atoms with Crippen LogP contribution in [-0.2, 0) is 11.2 Å². The van der Waals surface area contributed by atoms with Crippen LogP contribution in [0.15, 0.2) is 48.5 Å². The van der Waals surface area contributed by atoms with Gasteiger partial charge in [0, 0.05) is 16.1 Å². The third-order valence-electron chi connectivity index (χ3n) is 4.94. The molecule has 0 radical (unpaired) electrons. The number of benzene rings is 2. The molecular formula is C22H20FN3O3S. The molecule has 1 unspecified atom stereocenters. The van der Waals surface area contributed by atoms with Crippen LogP contribution in [0.3, 0.4) is 0 Å². The van der Waals surface area contributed by atoms with Crippen LogP contribution in [0.4, 0.5) is 15.2 Å². The zero-order valence-corrected chi connectivity index (χ0v) is 17.1. The van der Waals surface area contributed by atoms with Crippen LogP contribution < -0.4 is 15.4 Å². The highest BCUT2D eigenvalue weighted by Crippen LogP contribution is 2.37. The fourth-order valence-electron chi connectivity index (χ4n) is 3.43. The summed E-state index contributed by atoms with van der Waals surface area (Å²) in [6, 6.07) is 12.6. The largest absolute Gasteiger partial charge is 0.497 e. The molecule has 1 atom stereocenters. The maximum atomic E-state index is 13.4. The molecule has 30 heavy (non-hydrogen) atoms. The number of anilines is 2. The van der Waals surface area contributed by atoms with E-state index in [1.807, 2.05) is 0 Å². The van der Waals surface area contributed by atoms with E-state index in [0.29, 0.717) is 34.2 Å². The summed E-state index contributed by atoms with van der Waals surface area (Å²) >= 11 is 1.39. The molecule has 0 fully saturated rings. The van der Waals surface area contributed by atoms with E-state index < -0.39 is 11.7 Å². The Bertz CT molecular complexity index is 1080. The first kappa shape index (κ1) is 20.0. The third-order valence-corrected chi connectivity index (χ3v) is 5.98. The number of hydrogen-bond donors (Lipinski definition) is 2. The van der Waals surface area contributed by atoms with Gasteiger partial charge in [-0.1, -0.05) is 6.07 Å². The van der Waals surface area contributed by atoms with E-state index in [-0.39, 0.29) is 11.8 Å². The van der Waals surface area contributed by atoms with Crippen molar-refractivity contribution in [3.8, 4) is 5.75 Å². The quantitative estimate of drug-likeness (QED) is 0.626. The van der Waals surface area contributed by atoms with Crippen molar-refractivity contribution in [3.05, 3.63) is 70.5 Å². The number of nitrogens with zero attached hydrogens (tertiary/aromatic N) is 1. The number of carbonyl (C=O) groups is 2. The number of halogens is 1. The summed E-state index contributed by atoms with van der Waals surface area (Å²) < 4.78 is 18.5. The van der Waals surface area contributed by atoms with E-state index >= 15 is 0 Å². The molecule has 0 saturated heterocycles. The van der Waals surface area contributed by atoms with Crippen LogP contribution in [0.5, 0.6) is 5.75 Å². The zero-order chi connectivity index (χ0) is 21.1. The fraction of sp³-hybridized carbons (Fsp3) is 0.227. The predicted molar refractivity (Wildman–Crippen MR) is 114 cm³/mol. The molecule has 2 aromatic carbocycles. The summed E-state index contributed by atoms with van der Waals surface area (Å²) in [7, 11) is 1.57. The lowest BCUT2D eigenvalue weighted by atomic mass is 9.90. The van der Waals surface area contributed by atoms with Crippen molar-refractivity contribution in [2.45, 2.75) is 25.2 Å². The van der Waals surface area contributed by atoms with Gasteiger partial charge in [0.1, 0.15) is 11.6 Å². The monoisotopic (exact) mass is 425 g/mol. The third kappa shape index (κ3) is 4.33. The fourth-order valence-corrected chi connectivity index (χ4v) is 4.49. The molecule has 2 amide bonds. The van der Waals surface area contributed by atoms with Gasteiger partial charge in [-0.2, -0.15) is 0 Å². The Balaban J connectivity index is 1.49. The predicted octanol–water partition coefficient (Wildman–Crippen LogP) is 4.60. The number of methoxy groups -OCH3 is 1. The Morgan fingerprint density at radius 2 is 1.97 bits per heavy atom. The normalized spacial score (nSPS) is 15.2. The van der Waals surface area contributed by atoms with E-state index in [1.54, 1.807) is 43.5 Å². The number of aryl methyl sites for hydroxylation is 1. The first-order valence-electron chi connectivity index (χ1n) is 9.55. The molecular weight excluding hydrogens is 405 g/mol. The van der Waals surface area contributed by atoms with Gasteiger partial charge in [0.05, 0.1) is 18.7 Å². The van der Waals surface area contributed by atoms with E-state index in [4.69, 9.17) is 4.74 Å². The second-order valence-electron chi connectivity index (χ2n) is 6.95. The van der Waals surface area contributed by atoms with Crippen LogP contribution in [-0.4, -0.2) is 23.9 Å². The lowest BCUT2D eigenvalue weighted by Crippen LogP contribution is -2.24. The van der Waals surface area contributed by atoms with Crippen LogP contribution in [0.25, 0.3) is 0 Å². The molecule has 4 rings (SSSR count). The average Bonchev–Trinajstić information content (AvgIpc) is 3.16. The Hall–Kier alpha value is -3.26. The molecule has 3 aromatic rings. The van der Waals surface area contributed by atoms with E-state index in [9.17, 15) is 14.0 Å². The Kier molecular flexibility index (Phi) is 5.76. The molecule has 8 heteroatoms. The molecule has 6 nitrogen and oxygen atoms in total. The van der Waals surface area contributed by atoms with Crippen LogP contribution in [0, 0.1) is 5.82 Å². The van der Waals surface area contributed by atoms with Gasteiger partial charge >= 0.3 is 0 Å². The second-order valence-corrected chi connectivity index (χ2v) is 8.04. The van der Waals surface area contributed by atoms with Crippen molar-refractivity contribution in [3.63, 3.8) is 0 Å². The first-order chi connectivity index (χ1) is 14.5. The van der Waals surface area contributed by atoms with Gasteiger partial charge < -0.3 is 10.1 Å². The number of thiazole rings is 1. The molecule has 154 valence electrons. The molecule has 0 aliphatic heterocycles. The Morgan fingerprint density at radius 1 is 1.17 bits per heavy atom. The number of ether oxygens (including phenoxy) is 1. The number of hydrogen-bond acceptors (Lipinski definition) is 5. The van der Waals surface area contributed by atoms with E-state index in [0.717, 1.165) is 17.7 Å². The highest BCUT2D eigenvalue weighted by molar-refractivity contribution is 7.16. The number of fused-ring (bicyclic) bond motifs is 1. The maximum absolute atomic E-state index is 13.4.